The van der Waals surface area contributed by atoms with Gasteiger partial charge in [-0.1, -0.05) is 176 Å². The van der Waals surface area contributed by atoms with E-state index < -0.39 is 0 Å². The first-order valence-electron chi connectivity index (χ1n) is 21.4. The third-order valence-electron chi connectivity index (χ3n) is 12.7. The van der Waals surface area contributed by atoms with Crippen LogP contribution < -0.4 is 0 Å². The molecule has 0 fully saturated rings. The molecule has 0 atom stereocenters. The standard InChI is InChI=1S/C58H37N5/c1-3-17-38(18-4-1)39-31-33-41(34-32-39)58-59-49(40-19-5-2-6-20-40)37-56(60-58)63-54-30-16-11-25-47(54)48-35-42(61-50-26-12-7-21-43(50)44-22-8-13-27-51(44)61)36-55(57(48)63)62-52-28-14-9-23-45(52)46-24-10-15-29-53(46)62/h1-37H. The van der Waals surface area contributed by atoms with Gasteiger partial charge in [-0.25, -0.2) is 9.97 Å². The van der Waals surface area contributed by atoms with E-state index in [9.17, 15) is 0 Å². The van der Waals surface area contributed by atoms with Gasteiger partial charge >= 0.3 is 0 Å². The topological polar surface area (TPSA) is 40.6 Å². The summed E-state index contributed by atoms with van der Waals surface area (Å²) in [6.07, 6.45) is 0. The van der Waals surface area contributed by atoms with Crippen LogP contribution >= 0.6 is 0 Å². The largest absolute Gasteiger partial charge is 0.309 e. The molecule has 5 nitrogen and oxygen atoms in total. The number of benzene rings is 9. The summed E-state index contributed by atoms with van der Waals surface area (Å²) in [5.74, 6) is 1.46. The predicted molar refractivity (Wildman–Crippen MR) is 261 cm³/mol. The quantitative estimate of drug-likeness (QED) is 0.168. The Morgan fingerprint density at radius 3 is 1.24 bits per heavy atom. The van der Waals surface area contributed by atoms with Crippen molar-refractivity contribution in [3.63, 3.8) is 0 Å². The van der Waals surface area contributed by atoms with Crippen LogP contribution in [0.25, 0.3) is 116 Å². The summed E-state index contributed by atoms with van der Waals surface area (Å²) in [4.78, 5) is 10.8. The Morgan fingerprint density at radius 2 is 0.698 bits per heavy atom. The molecule has 63 heavy (non-hydrogen) atoms. The lowest BCUT2D eigenvalue weighted by atomic mass is 10.0. The van der Waals surface area contributed by atoms with E-state index in [1.54, 1.807) is 0 Å². The fraction of sp³-hybridized carbons (Fsp3) is 0. The molecule has 0 aliphatic rings. The monoisotopic (exact) mass is 803 g/mol. The summed E-state index contributed by atoms with van der Waals surface area (Å²) in [5.41, 5.74) is 14.1. The van der Waals surface area contributed by atoms with E-state index in [1.165, 1.54) is 38.1 Å². The van der Waals surface area contributed by atoms with Gasteiger partial charge in [0.05, 0.1) is 44.5 Å². The zero-order valence-electron chi connectivity index (χ0n) is 34.1. The lowest BCUT2D eigenvalue weighted by Gasteiger charge is -2.18. The van der Waals surface area contributed by atoms with Crippen molar-refractivity contribution in [1.82, 2.24) is 23.7 Å². The molecular formula is C58H37N5. The Morgan fingerprint density at radius 1 is 0.286 bits per heavy atom. The molecule has 294 valence electrons. The van der Waals surface area contributed by atoms with Crippen molar-refractivity contribution in [2.75, 3.05) is 0 Å². The number of nitrogens with zero attached hydrogens (tertiary/aromatic N) is 5. The molecular weight excluding hydrogens is 767 g/mol. The number of rotatable bonds is 6. The number of fused-ring (bicyclic) bond motifs is 9. The van der Waals surface area contributed by atoms with Gasteiger partial charge in [0.15, 0.2) is 5.82 Å². The van der Waals surface area contributed by atoms with Crippen molar-refractivity contribution in [1.29, 1.82) is 0 Å². The van der Waals surface area contributed by atoms with Gasteiger partial charge in [0, 0.05) is 55.2 Å². The molecule has 0 aliphatic carbocycles. The second-order valence-corrected chi connectivity index (χ2v) is 16.2. The molecule has 9 aromatic carbocycles. The van der Waals surface area contributed by atoms with Crippen molar-refractivity contribution in [2.24, 2.45) is 0 Å². The predicted octanol–water partition coefficient (Wildman–Crippen LogP) is 14.8. The van der Waals surface area contributed by atoms with Crippen LogP contribution in [0.4, 0.5) is 0 Å². The fourth-order valence-electron chi connectivity index (χ4n) is 9.86. The zero-order valence-corrected chi connectivity index (χ0v) is 34.1. The van der Waals surface area contributed by atoms with Gasteiger partial charge in [0.25, 0.3) is 0 Å². The van der Waals surface area contributed by atoms with Crippen molar-refractivity contribution in [2.45, 2.75) is 0 Å². The molecule has 0 radical (unpaired) electrons. The molecule has 0 bridgehead atoms. The van der Waals surface area contributed by atoms with Gasteiger partial charge in [-0.05, 0) is 53.6 Å². The van der Waals surface area contributed by atoms with Crippen LogP contribution in [-0.2, 0) is 0 Å². The second kappa shape index (κ2) is 14.0. The van der Waals surface area contributed by atoms with E-state index in [4.69, 9.17) is 9.97 Å². The molecule has 13 aromatic rings. The number of aromatic nitrogens is 5. The van der Waals surface area contributed by atoms with Gasteiger partial charge in [0.1, 0.15) is 5.82 Å². The maximum atomic E-state index is 5.51. The van der Waals surface area contributed by atoms with Crippen LogP contribution in [0.15, 0.2) is 224 Å². The lowest BCUT2D eigenvalue weighted by molar-refractivity contribution is 1.04. The molecule has 0 unspecified atom stereocenters. The molecule has 0 saturated carbocycles. The van der Waals surface area contributed by atoms with Gasteiger partial charge in [-0.2, -0.15) is 0 Å². The highest BCUT2D eigenvalue weighted by Gasteiger charge is 2.24. The van der Waals surface area contributed by atoms with E-state index in [2.05, 4.69) is 238 Å². The van der Waals surface area contributed by atoms with E-state index in [0.29, 0.717) is 5.82 Å². The summed E-state index contributed by atoms with van der Waals surface area (Å²) in [6, 6.07) is 80.3. The Kier molecular flexibility index (Phi) is 7.84. The second-order valence-electron chi connectivity index (χ2n) is 16.2. The van der Waals surface area contributed by atoms with Gasteiger partial charge in [0.2, 0.25) is 0 Å². The summed E-state index contributed by atoms with van der Waals surface area (Å²) in [5, 5.41) is 7.16. The Hall–Kier alpha value is -8.54. The van der Waals surface area contributed by atoms with Crippen LogP contribution in [0.3, 0.4) is 0 Å². The molecule has 5 heteroatoms. The molecule has 0 saturated heterocycles. The Balaban J connectivity index is 1.16. The molecule has 4 heterocycles. The van der Waals surface area contributed by atoms with Gasteiger partial charge < -0.3 is 9.13 Å². The molecule has 0 amide bonds. The minimum Gasteiger partial charge on any atom is -0.309 e. The normalized spacial score (nSPS) is 11.8. The van der Waals surface area contributed by atoms with Crippen molar-refractivity contribution < 1.29 is 0 Å². The van der Waals surface area contributed by atoms with Crippen molar-refractivity contribution >= 4 is 65.4 Å². The average molecular weight is 804 g/mol. The van der Waals surface area contributed by atoms with Crippen molar-refractivity contribution in [3.8, 4) is 51.0 Å². The van der Waals surface area contributed by atoms with Crippen LogP contribution in [0.1, 0.15) is 0 Å². The minimum atomic E-state index is 0.664. The Labute approximate surface area is 363 Å². The van der Waals surface area contributed by atoms with E-state index >= 15 is 0 Å². The maximum Gasteiger partial charge on any atom is 0.162 e. The third kappa shape index (κ3) is 5.50. The Bertz CT molecular complexity index is 3790. The summed E-state index contributed by atoms with van der Waals surface area (Å²) < 4.78 is 7.26. The zero-order chi connectivity index (χ0) is 41.4. The van der Waals surface area contributed by atoms with Gasteiger partial charge in [-0.15, -0.1) is 0 Å². The summed E-state index contributed by atoms with van der Waals surface area (Å²) >= 11 is 0. The smallest absolute Gasteiger partial charge is 0.162 e. The molecule has 4 aromatic heterocycles. The molecule has 0 aliphatic heterocycles. The first-order chi connectivity index (χ1) is 31.3. The third-order valence-corrected chi connectivity index (χ3v) is 12.7. The molecule has 0 spiro atoms. The van der Waals surface area contributed by atoms with Crippen molar-refractivity contribution in [3.05, 3.63) is 224 Å². The van der Waals surface area contributed by atoms with Crippen LogP contribution in [-0.4, -0.2) is 23.7 Å². The SMILES string of the molecule is c1ccc(-c2ccc(-c3nc(-c4ccccc4)cc(-n4c5ccccc5c5cc(-n6c7ccccc7c7ccccc76)cc(-n6c7ccccc7c7ccccc76)c54)n3)cc2)cc1. The first-order valence-corrected chi connectivity index (χ1v) is 21.4. The van der Waals surface area contributed by atoms with E-state index in [-0.39, 0.29) is 0 Å². The fourth-order valence-corrected chi connectivity index (χ4v) is 9.86. The van der Waals surface area contributed by atoms with Crippen LogP contribution in [0.2, 0.25) is 0 Å². The number of hydrogen-bond acceptors (Lipinski definition) is 2. The molecule has 0 N–H and O–H groups in total. The summed E-state index contributed by atoms with van der Waals surface area (Å²) in [6.45, 7) is 0. The van der Waals surface area contributed by atoms with E-state index in [0.717, 1.165) is 72.4 Å². The number of para-hydroxylation sites is 5. The highest BCUT2D eigenvalue weighted by molar-refractivity contribution is 6.16. The maximum absolute atomic E-state index is 5.51. The summed E-state index contributed by atoms with van der Waals surface area (Å²) in [7, 11) is 0. The highest BCUT2D eigenvalue weighted by atomic mass is 15.1. The minimum absolute atomic E-state index is 0.664. The molecule has 13 rings (SSSR count). The lowest BCUT2D eigenvalue weighted by Crippen LogP contribution is -2.06. The van der Waals surface area contributed by atoms with Gasteiger partial charge in [-0.3, -0.25) is 4.57 Å². The van der Waals surface area contributed by atoms with E-state index in [1.807, 2.05) is 0 Å². The first kappa shape index (κ1) is 35.2. The highest BCUT2D eigenvalue weighted by Crippen LogP contribution is 2.43. The number of hydrogen-bond donors (Lipinski definition) is 0. The van der Waals surface area contributed by atoms with Crippen LogP contribution in [0.5, 0.6) is 0 Å². The van der Waals surface area contributed by atoms with Crippen LogP contribution in [0, 0.1) is 0 Å². The average Bonchev–Trinajstić information content (AvgIpc) is 4.00.